The molecule has 0 spiro atoms. The van der Waals surface area contributed by atoms with E-state index in [1.807, 2.05) is 0 Å². The van der Waals surface area contributed by atoms with E-state index >= 15 is 0 Å². The summed E-state index contributed by atoms with van der Waals surface area (Å²) in [6.07, 6.45) is 0. The van der Waals surface area contributed by atoms with E-state index in [9.17, 15) is 24.6 Å². The predicted molar refractivity (Wildman–Crippen MR) is 126 cm³/mol. The lowest BCUT2D eigenvalue weighted by atomic mass is 9.95. The van der Waals surface area contributed by atoms with Gasteiger partial charge in [-0.15, -0.1) is 0 Å². The second kappa shape index (κ2) is 9.10. The molecule has 5 rings (SSSR count). The van der Waals surface area contributed by atoms with Gasteiger partial charge in [-0.2, -0.15) is 0 Å². The summed E-state index contributed by atoms with van der Waals surface area (Å²) < 4.78 is 15.4. The number of rotatable bonds is 5. The Morgan fingerprint density at radius 2 is 1.64 bits per heavy atom. The Bertz CT molecular complexity index is 1390. The van der Waals surface area contributed by atoms with Crippen LogP contribution in [0.25, 0.3) is 5.76 Å². The molecule has 0 bridgehead atoms. The van der Waals surface area contributed by atoms with Crippen LogP contribution < -0.4 is 9.47 Å². The number of phenolic OH excluding ortho intramolecular Hbond substituents is 1. The van der Waals surface area contributed by atoms with Crippen LogP contribution in [0.2, 0.25) is 0 Å². The number of carbonyl (C=O) groups is 3. The summed E-state index contributed by atoms with van der Waals surface area (Å²) in [5.41, 5.74) is 1.75. The number of Topliss-reactive ketones (excluding diaryl/α,β-unsaturated/α-hetero) is 1. The van der Waals surface area contributed by atoms with Gasteiger partial charge in [0, 0.05) is 12.1 Å². The van der Waals surface area contributed by atoms with Gasteiger partial charge >= 0.3 is 5.97 Å². The van der Waals surface area contributed by atoms with E-state index in [0.717, 1.165) is 0 Å². The third kappa shape index (κ3) is 4.00. The summed E-state index contributed by atoms with van der Waals surface area (Å²) in [4.78, 5) is 39.5. The van der Waals surface area contributed by atoms with Gasteiger partial charge in [-0.25, -0.2) is 4.79 Å². The number of likely N-dealkylation sites (tertiary alicyclic amines) is 1. The van der Waals surface area contributed by atoms with Gasteiger partial charge in [-0.3, -0.25) is 9.59 Å². The number of methoxy groups -OCH3 is 1. The van der Waals surface area contributed by atoms with Crippen LogP contribution in [-0.4, -0.2) is 46.7 Å². The van der Waals surface area contributed by atoms with E-state index in [1.54, 1.807) is 54.6 Å². The van der Waals surface area contributed by atoms with Crippen molar-refractivity contribution in [2.24, 2.45) is 0 Å². The van der Waals surface area contributed by atoms with Gasteiger partial charge in [0.25, 0.3) is 11.7 Å². The third-order valence-electron chi connectivity index (χ3n) is 6.12. The molecule has 3 aromatic carbocycles. The maximum absolute atomic E-state index is 13.2. The number of ether oxygens (including phenoxy) is 3. The summed E-state index contributed by atoms with van der Waals surface area (Å²) in [7, 11) is 1.29. The summed E-state index contributed by atoms with van der Waals surface area (Å²) in [6, 6.07) is 16.4. The largest absolute Gasteiger partial charge is 0.508 e. The number of fused-ring (bicyclic) bond motifs is 1. The van der Waals surface area contributed by atoms with E-state index < -0.39 is 23.7 Å². The molecule has 9 heteroatoms. The minimum atomic E-state index is -0.920. The first kappa shape index (κ1) is 23.0. The zero-order valence-electron chi connectivity index (χ0n) is 19.1. The van der Waals surface area contributed by atoms with Crippen molar-refractivity contribution in [2.75, 3.05) is 13.9 Å². The number of phenols is 1. The molecule has 9 nitrogen and oxygen atoms in total. The number of nitrogens with zero attached hydrogens (tertiary/aromatic N) is 1. The second-order valence-electron chi connectivity index (χ2n) is 8.28. The standard InChI is InChI=1S/C27H21NO8/c1-34-27(33)17-4-2-15(3-5-17)13-28-23(16-6-9-19(29)10-7-16)22(25(31)26(28)32)24(30)18-8-11-20-21(12-18)36-14-35-20/h2-12,23,29-30H,13-14H2,1H3/b24-22-. The van der Waals surface area contributed by atoms with Crippen LogP contribution >= 0.6 is 0 Å². The first-order valence-electron chi connectivity index (χ1n) is 11.0. The van der Waals surface area contributed by atoms with Crippen molar-refractivity contribution in [1.82, 2.24) is 4.90 Å². The van der Waals surface area contributed by atoms with E-state index in [-0.39, 0.29) is 30.4 Å². The molecule has 3 aromatic rings. The van der Waals surface area contributed by atoms with Crippen LogP contribution in [0.4, 0.5) is 0 Å². The molecule has 2 N–H and O–H groups in total. The number of aliphatic hydroxyl groups is 1. The van der Waals surface area contributed by atoms with Crippen molar-refractivity contribution in [3.8, 4) is 17.2 Å². The van der Waals surface area contributed by atoms with E-state index in [1.165, 1.54) is 24.1 Å². The summed E-state index contributed by atoms with van der Waals surface area (Å²) in [6.45, 7) is 0.0850. The first-order valence-corrected chi connectivity index (χ1v) is 11.0. The summed E-state index contributed by atoms with van der Waals surface area (Å²) in [5, 5.41) is 21.0. The zero-order valence-corrected chi connectivity index (χ0v) is 19.1. The predicted octanol–water partition coefficient (Wildman–Crippen LogP) is 3.53. The first-order chi connectivity index (χ1) is 17.4. The molecule has 1 saturated heterocycles. The third-order valence-corrected chi connectivity index (χ3v) is 6.12. The number of ketones is 1. The Hall–Kier alpha value is -4.79. The molecule has 2 aliphatic rings. The highest BCUT2D eigenvalue weighted by molar-refractivity contribution is 6.46. The molecule has 1 amide bonds. The minimum absolute atomic E-state index is 0.0184. The number of amides is 1. The zero-order chi connectivity index (χ0) is 25.4. The van der Waals surface area contributed by atoms with Crippen LogP contribution in [0.3, 0.4) is 0 Å². The maximum atomic E-state index is 13.2. The normalized spacial score (nSPS) is 17.9. The lowest BCUT2D eigenvalue weighted by molar-refractivity contribution is -0.140. The number of hydrogen-bond donors (Lipinski definition) is 2. The van der Waals surface area contributed by atoms with Gasteiger partial charge in [0.2, 0.25) is 6.79 Å². The molecule has 0 saturated carbocycles. The van der Waals surface area contributed by atoms with Gasteiger partial charge in [-0.05, 0) is 53.6 Å². The van der Waals surface area contributed by atoms with Crippen LogP contribution in [-0.2, 0) is 20.9 Å². The van der Waals surface area contributed by atoms with Crippen molar-refractivity contribution >= 4 is 23.4 Å². The molecule has 0 aromatic heterocycles. The lowest BCUT2D eigenvalue weighted by Crippen LogP contribution is -2.29. The topological polar surface area (TPSA) is 123 Å². The molecule has 2 heterocycles. The van der Waals surface area contributed by atoms with Crippen LogP contribution in [0.1, 0.15) is 33.1 Å². The van der Waals surface area contributed by atoms with Crippen LogP contribution in [0.15, 0.2) is 72.3 Å². The van der Waals surface area contributed by atoms with Gasteiger partial charge in [0.15, 0.2) is 11.5 Å². The number of aromatic hydroxyl groups is 1. The van der Waals surface area contributed by atoms with Gasteiger partial charge in [0.05, 0.1) is 24.3 Å². The SMILES string of the molecule is COC(=O)c1ccc(CN2C(=O)C(=O)/C(=C(\O)c3ccc4c(c3)OCO4)C2c2ccc(O)cc2)cc1. The Balaban J connectivity index is 1.57. The maximum Gasteiger partial charge on any atom is 0.337 e. The fourth-order valence-corrected chi connectivity index (χ4v) is 4.31. The highest BCUT2D eigenvalue weighted by atomic mass is 16.7. The lowest BCUT2D eigenvalue weighted by Gasteiger charge is -2.25. The molecule has 1 atom stereocenters. The average molecular weight is 487 g/mol. The molecule has 2 aliphatic heterocycles. The Labute approximate surface area is 205 Å². The van der Waals surface area contributed by atoms with Crippen molar-refractivity contribution < 1.29 is 38.8 Å². The van der Waals surface area contributed by atoms with E-state index in [0.29, 0.717) is 33.8 Å². The number of carbonyl (C=O) groups excluding carboxylic acids is 3. The van der Waals surface area contributed by atoms with Crippen molar-refractivity contribution in [2.45, 2.75) is 12.6 Å². The fourth-order valence-electron chi connectivity index (χ4n) is 4.31. The molecular formula is C27H21NO8. The Kier molecular flexibility index (Phi) is 5.81. The van der Waals surface area contributed by atoms with Crippen LogP contribution in [0, 0.1) is 0 Å². The molecule has 0 aliphatic carbocycles. The quantitative estimate of drug-likeness (QED) is 0.243. The fraction of sp³-hybridized carbons (Fsp3) is 0.148. The molecule has 1 unspecified atom stereocenters. The monoisotopic (exact) mass is 487 g/mol. The second-order valence-corrected chi connectivity index (χ2v) is 8.28. The highest BCUT2D eigenvalue weighted by Crippen LogP contribution is 2.42. The highest BCUT2D eigenvalue weighted by Gasteiger charge is 2.46. The van der Waals surface area contributed by atoms with Gasteiger partial charge in [0.1, 0.15) is 11.5 Å². The van der Waals surface area contributed by atoms with Crippen molar-refractivity contribution in [1.29, 1.82) is 0 Å². The van der Waals surface area contributed by atoms with Crippen LogP contribution in [0.5, 0.6) is 17.2 Å². The van der Waals surface area contributed by atoms with Crippen molar-refractivity contribution in [3.05, 3.63) is 94.6 Å². The average Bonchev–Trinajstić information content (AvgIpc) is 3.46. The number of esters is 1. The molecule has 36 heavy (non-hydrogen) atoms. The van der Waals surface area contributed by atoms with Crippen molar-refractivity contribution in [3.63, 3.8) is 0 Å². The smallest absolute Gasteiger partial charge is 0.337 e. The molecule has 0 radical (unpaired) electrons. The number of hydrogen-bond acceptors (Lipinski definition) is 8. The molecule has 182 valence electrons. The Morgan fingerprint density at radius 3 is 2.33 bits per heavy atom. The summed E-state index contributed by atoms with van der Waals surface area (Å²) in [5.74, 6) is -1.52. The van der Waals surface area contributed by atoms with Gasteiger partial charge in [-0.1, -0.05) is 24.3 Å². The molecule has 1 fully saturated rings. The minimum Gasteiger partial charge on any atom is -0.508 e. The van der Waals surface area contributed by atoms with E-state index in [2.05, 4.69) is 0 Å². The molecular weight excluding hydrogens is 466 g/mol. The summed E-state index contributed by atoms with van der Waals surface area (Å²) >= 11 is 0. The van der Waals surface area contributed by atoms with Gasteiger partial charge < -0.3 is 29.3 Å². The number of aliphatic hydroxyl groups excluding tert-OH is 1. The Morgan fingerprint density at radius 1 is 0.972 bits per heavy atom. The number of benzene rings is 3. The van der Waals surface area contributed by atoms with E-state index in [4.69, 9.17) is 14.2 Å².